The zero-order chi connectivity index (χ0) is 17.1. The summed E-state index contributed by atoms with van der Waals surface area (Å²) in [4.78, 5) is 26.7. The van der Waals surface area contributed by atoms with E-state index in [1.165, 1.54) is 0 Å². The number of pyridine rings is 1. The molecular weight excluding hydrogens is 306 g/mol. The molecule has 0 spiro atoms. The zero-order valence-electron chi connectivity index (χ0n) is 14.0. The second kappa shape index (κ2) is 6.82. The number of aromatic nitrogens is 3. The van der Waals surface area contributed by atoms with Crippen molar-refractivity contribution >= 4 is 17.9 Å². The minimum Gasteiger partial charge on any atom is -0.447 e. The molecule has 1 N–H and O–H groups in total. The first kappa shape index (κ1) is 16.2. The summed E-state index contributed by atoms with van der Waals surface area (Å²) >= 11 is 0. The lowest BCUT2D eigenvalue weighted by Gasteiger charge is -2.23. The number of nitrogens with one attached hydrogen (secondary N) is 1. The van der Waals surface area contributed by atoms with Crippen molar-refractivity contribution in [2.75, 3.05) is 16.8 Å². The van der Waals surface area contributed by atoms with Crippen LogP contribution < -0.4 is 10.2 Å². The Labute approximate surface area is 141 Å². The van der Waals surface area contributed by atoms with Crippen LogP contribution >= 0.6 is 0 Å². The van der Waals surface area contributed by atoms with Gasteiger partial charge in [0.2, 0.25) is 5.95 Å². The number of cyclic esters (lactones) is 1. The molecule has 0 bridgehead atoms. The maximum atomic E-state index is 12.1. The molecule has 1 amide bonds. The summed E-state index contributed by atoms with van der Waals surface area (Å²) in [6.45, 7) is 6.49. The van der Waals surface area contributed by atoms with E-state index >= 15 is 0 Å². The normalized spacial score (nSPS) is 18.6. The highest BCUT2D eigenvalue weighted by Crippen LogP contribution is 2.26. The Hall–Kier alpha value is -2.70. The van der Waals surface area contributed by atoms with Crippen LogP contribution in [0.1, 0.15) is 32.5 Å². The standard InChI is InChI=1S/C17H21N5O2/c1-11(2)14-10-24-17(23)22(14)15-7-9-19-16(21-15)20-12(3)13-6-4-5-8-18-13/h4-9,11-12,14H,10H2,1-3H3,(H,19,20,21)/t12-,14+/m0/s1. The fraction of sp³-hybridized carbons (Fsp3) is 0.412. The predicted molar refractivity (Wildman–Crippen MR) is 90.8 cm³/mol. The molecule has 2 aromatic heterocycles. The van der Waals surface area contributed by atoms with E-state index in [-0.39, 0.29) is 24.1 Å². The number of hydrogen-bond donors (Lipinski definition) is 1. The third-order valence-corrected chi connectivity index (χ3v) is 4.04. The van der Waals surface area contributed by atoms with E-state index in [0.29, 0.717) is 18.4 Å². The van der Waals surface area contributed by atoms with Crippen molar-refractivity contribution in [2.45, 2.75) is 32.9 Å². The van der Waals surface area contributed by atoms with Crippen molar-refractivity contribution < 1.29 is 9.53 Å². The summed E-state index contributed by atoms with van der Waals surface area (Å²) in [5.74, 6) is 1.27. The van der Waals surface area contributed by atoms with Crippen LogP contribution in [0.2, 0.25) is 0 Å². The molecule has 2 aromatic rings. The summed E-state index contributed by atoms with van der Waals surface area (Å²) in [5.41, 5.74) is 0.896. The van der Waals surface area contributed by atoms with Gasteiger partial charge in [0, 0.05) is 12.4 Å². The van der Waals surface area contributed by atoms with Crippen molar-refractivity contribution in [3.63, 3.8) is 0 Å². The van der Waals surface area contributed by atoms with E-state index in [4.69, 9.17) is 4.74 Å². The van der Waals surface area contributed by atoms with Gasteiger partial charge in [0.15, 0.2) is 0 Å². The fourth-order valence-electron chi connectivity index (χ4n) is 2.64. The number of carbonyl (C=O) groups excluding carboxylic acids is 1. The number of rotatable bonds is 5. The first-order chi connectivity index (χ1) is 11.6. The highest BCUT2D eigenvalue weighted by atomic mass is 16.6. The van der Waals surface area contributed by atoms with Gasteiger partial charge in [-0.05, 0) is 31.0 Å². The summed E-state index contributed by atoms with van der Waals surface area (Å²) in [6, 6.07) is 7.40. The average Bonchev–Trinajstić information content (AvgIpc) is 2.98. The largest absolute Gasteiger partial charge is 0.447 e. The van der Waals surface area contributed by atoms with Crippen LogP contribution in [-0.2, 0) is 4.74 Å². The van der Waals surface area contributed by atoms with Gasteiger partial charge in [-0.15, -0.1) is 0 Å². The topological polar surface area (TPSA) is 80.2 Å². The molecule has 2 atom stereocenters. The summed E-state index contributed by atoms with van der Waals surface area (Å²) in [6.07, 6.45) is 3.02. The van der Waals surface area contributed by atoms with Crippen molar-refractivity contribution in [3.8, 4) is 0 Å². The number of ether oxygens (including phenoxy) is 1. The number of nitrogens with zero attached hydrogens (tertiary/aromatic N) is 4. The van der Waals surface area contributed by atoms with E-state index in [9.17, 15) is 4.79 Å². The van der Waals surface area contributed by atoms with Crippen LogP contribution in [0.5, 0.6) is 0 Å². The lowest BCUT2D eigenvalue weighted by atomic mass is 10.0. The van der Waals surface area contributed by atoms with Crippen LogP contribution in [0.25, 0.3) is 0 Å². The third kappa shape index (κ3) is 3.29. The molecule has 3 rings (SSSR count). The van der Waals surface area contributed by atoms with Gasteiger partial charge in [0.1, 0.15) is 12.4 Å². The smallest absolute Gasteiger partial charge is 0.415 e. The van der Waals surface area contributed by atoms with Gasteiger partial charge in [-0.3, -0.25) is 9.88 Å². The van der Waals surface area contributed by atoms with Gasteiger partial charge in [-0.2, -0.15) is 4.98 Å². The molecule has 0 radical (unpaired) electrons. The van der Waals surface area contributed by atoms with Gasteiger partial charge in [0.05, 0.1) is 17.8 Å². The highest BCUT2D eigenvalue weighted by molar-refractivity contribution is 5.89. The average molecular weight is 327 g/mol. The molecule has 1 saturated heterocycles. The molecule has 1 aliphatic rings. The first-order valence-electron chi connectivity index (χ1n) is 8.02. The Morgan fingerprint density at radius 3 is 2.75 bits per heavy atom. The third-order valence-electron chi connectivity index (χ3n) is 4.04. The molecule has 1 fully saturated rings. The van der Waals surface area contributed by atoms with E-state index in [0.717, 1.165) is 5.69 Å². The van der Waals surface area contributed by atoms with E-state index in [1.807, 2.05) is 25.1 Å². The predicted octanol–water partition coefficient (Wildman–Crippen LogP) is 3.03. The first-order valence-corrected chi connectivity index (χ1v) is 8.02. The van der Waals surface area contributed by atoms with E-state index in [2.05, 4.69) is 34.1 Å². The quantitative estimate of drug-likeness (QED) is 0.909. The van der Waals surface area contributed by atoms with Gasteiger partial charge in [0.25, 0.3) is 0 Å². The van der Waals surface area contributed by atoms with Gasteiger partial charge >= 0.3 is 6.09 Å². The highest BCUT2D eigenvalue weighted by Gasteiger charge is 2.37. The Balaban J connectivity index is 1.80. The molecule has 7 nitrogen and oxygen atoms in total. The Morgan fingerprint density at radius 1 is 1.21 bits per heavy atom. The maximum Gasteiger partial charge on any atom is 0.415 e. The Bertz CT molecular complexity index is 707. The number of carbonyl (C=O) groups is 1. The molecule has 24 heavy (non-hydrogen) atoms. The minimum atomic E-state index is -0.365. The Kier molecular flexibility index (Phi) is 4.59. The van der Waals surface area contributed by atoms with Crippen LogP contribution in [0, 0.1) is 5.92 Å². The molecule has 7 heteroatoms. The second-order valence-electron chi connectivity index (χ2n) is 6.12. The maximum absolute atomic E-state index is 12.1. The van der Waals surface area contributed by atoms with E-state index in [1.54, 1.807) is 23.4 Å². The molecular formula is C17H21N5O2. The summed E-state index contributed by atoms with van der Waals surface area (Å²) in [5, 5.41) is 3.22. The van der Waals surface area contributed by atoms with E-state index < -0.39 is 0 Å². The van der Waals surface area contributed by atoms with Crippen molar-refractivity contribution in [1.82, 2.24) is 15.0 Å². The lowest BCUT2D eigenvalue weighted by Crippen LogP contribution is -2.37. The van der Waals surface area contributed by atoms with Gasteiger partial charge < -0.3 is 10.1 Å². The summed E-state index contributed by atoms with van der Waals surface area (Å²) in [7, 11) is 0. The van der Waals surface area contributed by atoms with Gasteiger partial charge in [-0.25, -0.2) is 9.78 Å². The van der Waals surface area contributed by atoms with Crippen LogP contribution in [0.4, 0.5) is 16.6 Å². The zero-order valence-corrected chi connectivity index (χ0v) is 14.0. The summed E-state index contributed by atoms with van der Waals surface area (Å²) < 4.78 is 5.18. The molecule has 0 aromatic carbocycles. The van der Waals surface area contributed by atoms with Crippen LogP contribution in [0.15, 0.2) is 36.7 Å². The molecule has 0 saturated carbocycles. The minimum absolute atomic E-state index is 0.0199. The Morgan fingerprint density at radius 2 is 2.04 bits per heavy atom. The molecule has 0 aliphatic carbocycles. The molecule has 3 heterocycles. The number of amides is 1. The second-order valence-corrected chi connectivity index (χ2v) is 6.12. The van der Waals surface area contributed by atoms with Crippen LogP contribution in [0.3, 0.4) is 0 Å². The van der Waals surface area contributed by atoms with Crippen molar-refractivity contribution in [3.05, 3.63) is 42.4 Å². The number of anilines is 2. The SMILES string of the molecule is CC(C)[C@H]1COC(=O)N1c1ccnc(N[C@@H](C)c2ccccn2)n1. The molecule has 1 aliphatic heterocycles. The van der Waals surface area contributed by atoms with Gasteiger partial charge in [-0.1, -0.05) is 19.9 Å². The van der Waals surface area contributed by atoms with Crippen LogP contribution in [-0.4, -0.2) is 33.7 Å². The monoisotopic (exact) mass is 327 g/mol. The number of hydrogen-bond acceptors (Lipinski definition) is 6. The fourth-order valence-corrected chi connectivity index (χ4v) is 2.64. The van der Waals surface area contributed by atoms with Crippen molar-refractivity contribution in [1.29, 1.82) is 0 Å². The molecule has 126 valence electrons. The lowest BCUT2D eigenvalue weighted by molar-refractivity contribution is 0.177. The molecule has 0 unspecified atom stereocenters. The van der Waals surface area contributed by atoms with Crippen molar-refractivity contribution in [2.24, 2.45) is 5.92 Å².